The fourth-order valence-electron chi connectivity index (χ4n) is 1.73. The molecule has 2 rings (SSSR count). The number of phenols is 1. The number of ether oxygens (including phenoxy) is 1. The van der Waals surface area contributed by atoms with Crippen molar-refractivity contribution in [3.8, 4) is 11.5 Å². The van der Waals surface area contributed by atoms with Gasteiger partial charge < -0.3 is 25.1 Å². The molecule has 0 bridgehead atoms. The molecule has 0 atom stereocenters. The molecule has 0 aliphatic heterocycles. The molecule has 0 unspecified atom stereocenters. The third-order valence-corrected chi connectivity index (χ3v) is 2.83. The number of anilines is 1. The van der Waals surface area contributed by atoms with E-state index in [2.05, 4.69) is 5.32 Å². The third kappa shape index (κ3) is 4.24. The number of methoxy groups -OCH3 is 1. The Bertz CT molecular complexity index is 685. The molecule has 0 heterocycles. The molecule has 6 nitrogen and oxygen atoms in total. The summed E-state index contributed by atoms with van der Waals surface area (Å²) in [4.78, 5) is 22.6. The van der Waals surface area contributed by atoms with E-state index in [-0.39, 0.29) is 40.8 Å². The van der Waals surface area contributed by atoms with Crippen LogP contribution in [0.1, 0.15) is 20.7 Å². The minimum atomic E-state index is -1.49. The first kappa shape index (κ1) is 18.0. The predicted molar refractivity (Wildman–Crippen MR) is 73.4 cm³/mol. The summed E-state index contributed by atoms with van der Waals surface area (Å²) in [6.07, 6.45) is 0. The van der Waals surface area contributed by atoms with Gasteiger partial charge in [-0.05, 0) is 36.4 Å². The number of hydrogen-bond donors (Lipinski definition) is 2. The van der Waals surface area contributed by atoms with Gasteiger partial charge in [0.1, 0.15) is 11.5 Å². The zero-order valence-corrected chi connectivity index (χ0v) is 14.1. The summed E-state index contributed by atoms with van der Waals surface area (Å²) in [5, 5.41) is 22.7. The number of nitrogens with one attached hydrogen (secondary N) is 1. The Morgan fingerprint density at radius 2 is 1.77 bits per heavy atom. The number of carboxylic acids is 1. The molecular formula is C15H12NNaO5. The number of aromatic carboxylic acids is 1. The summed E-state index contributed by atoms with van der Waals surface area (Å²) >= 11 is 0. The fraction of sp³-hybridized carbons (Fsp3) is 0.0667. The molecule has 2 aromatic carbocycles. The zero-order valence-electron chi connectivity index (χ0n) is 12.1. The summed E-state index contributed by atoms with van der Waals surface area (Å²) in [5.41, 5.74) is 0.343. The second-order valence-electron chi connectivity index (χ2n) is 4.20. The summed E-state index contributed by atoms with van der Waals surface area (Å²) in [6.45, 7) is 0. The van der Waals surface area contributed by atoms with Crippen LogP contribution in [0, 0.1) is 0 Å². The molecule has 2 N–H and O–H groups in total. The number of hydrogen-bond acceptors (Lipinski definition) is 5. The molecule has 1 amide bonds. The standard InChI is InChI=1S/C15H13NO5.Na/c1-21-11-5-2-9(3-6-11)14(18)16-10-4-7-12(15(19)20)13(17)8-10;/h2-8,17H,1H3,(H,16,18)(H,19,20);/q;+1/p-1. The number of carbonyl (C=O) groups is 2. The maximum Gasteiger partial charge on any atom is 1.00 e. The maximum absolute atomic E-state index is 12.0. The molecule has 22 heavy (non-hydrogen) atoms. The van der Waals surface area contributed by atoms with Crippen molar-refractivity contribution in [3.63, 3.8) is 0 Å². The second-order valence-corrected chi connectivity index (χ2v) is 4.20. The fourth-order valence-corrected chi connectivity index (χ4v) is 1.73. The molecule has 2 aromatic rings. The van der Waals surface area contributed by atoms with Crippen molar-refractivity contribution in [3.05, 3.63) is 53.6 Å². The number of carboxylic acid groups (broad SMARTS) is 1. The predicted octanol–water partition coefficient (Wildman–Crippen LogP) is -1.98. The Labute approximate surface area is 149 Å². The van der Waals surface area contributed by atoms with Crippen molar-refractivity contribution in [2.75, 3.05) is 12.4 Å². The Balaban J connectivity index is 0.00000242. The van der Waals surface area contributed by atoms with E-state index in [9.17, 15) is 19.8 Å². The van der Waals surface area contributed by atoms with Crippen LogP contribution in [0.2, 0.25) is 0 Å². The van der Waals surface area contributed by atoms with Crippen LogP contribution >= 0.6 is 0 Å². The molecule has 7 heteroatoms. The van der Waals surface area contributed by atoms with Gasteiger partial charge in [0.05, 0.1) is 13.1 Å². The summed E-state index contributed by atoms with van der Waals surface area (Å²) < 4.78 is 4.99. The monoisotopic (exact) mass is 309 g/mol. The molecule has 0 spiro atoms. The van der Waals surface area contributed by atoms with Gasteiger partial charge in [-0.1, -0.05) is 0 Å². The van der Waals surface area contributed by atoms with Gasteiger partial charge in [-0.3, -0.25) is 4.79 Å². The van der Waals surface area contributed by atoms with Crippen molar-refractivity contribution >= 4 is 17.6 Å². The van der Waals surface area contributed by atoms with Gasteiger partial charge in [0.15, 0.2) is 0 Å². The molecule has 0 radical (unpaired) electrons. The van der Waals surface area contributed by atoms with Crippen molar-refractivity contribution in [2.45, 2.75) is 0 Å². The third-order valence-electron chi connectivity index (χ3n) is 2.83. The van der Waals surface area contributed by atoms with Gasteiger partial charge in [-0.15, -0.1) is 0 Å². The van der Waals surface area contributed by atoms with Crippen LogP contribution in [0.3, 0.4) is 0 Å². The number of aromatic hydroxyl groups is 1. The quantitative estimate of drug-likeness (QED) is 0.638. The van der Waals surface area contributed by atoms with Crippen LogP contribution in [-0.2, 0) is 0 Å². The first-order valence-electron chi connectivity index (χ1n) is 6.01. The zero-order chi connectivity index (χ0) is 15.4. The average molecular weight is 309 g/mol. The van der Waals surface area contributed by atoms with Crippen molar-refractivity contribution in [1.29, 1.82) is 0 Å². The Morgan fingerprint density at radius 3 is 2.27 bits per heavy atom. The summed E-state index contributed by atoms with van der Waals surface area (Å²) in [6, 6.07) is 10.1. The molecule has 0 aliphatic carbocycles. The number of carbonyl (C=O) groups excluding carboxylic acids is 2. The molecule has 0 aliphatic rings. The van der Waals surface area contributed by atoms with Crippen LogP contribution in [-0.4, -0.2) is 24.1 Å². The molecule has 0 saturated carbocycles. The molecule has 108 valence electrons. The van der Waals surface area contributed by atoms with Gasteiger partial charge in [0.25, 0.3) is 5.91 Å². The second kappa shape index (κ2) is 7.84. The maximum atomic E-state index is 12.0. The smallest absolute Gasteiger partial charge is 0.545 e. The summed E-state index contributed by atoms with van der Waals surface area (Å²) in [7, 11) is 1.52. The molecule has 0 aromatic heterocycles. The van der Waals surface area contributed by atoms with Gasteiger partial charge in [-0.2, -0.15) is 0 Å². The Hall–Kier alpha value is -2.02. The van der Waals surface area contributed by atoms with E-state index >= 15 is 0 Å². The Kier molecular flexibility index (Phi) is 6.42. The number of amides is 1. The number of rotatable bonds is 4. The van der Waals surface area contributed by atoms with Gasteiger partial charge in [-0.25, -0.2) is 0 Å². The van der Waals surface area contributed by atoms with Crippen LogP contribution < -0.4 is 44.7 Å². The first-order valence-corrected chi connectivity index (χ1v) is 6.01. The van der Waals surface area contributed by atoms with Crippen LogP contribution in [0.5, 0.6) is 11.5 Å². The van der Waals surface area contributed by atoms with E-state index in [4.69, 9.17) is 4.74 Å². The Morgan fingerprint density at radius 1 is 1.14 bits per heavy atom. The van der Waals surface area contributed by atoms with Crippen molar-refractivity contribution in [1.82, 2.24) is 0 Å². The molecule has 0 saturated heterocycles. The number of benzene rings is 2. The van der Waals surface area contributed by atoms with Gasteiger partial charge >= 0.3 is 29.6 Å². The van der Waals surface area contributed by atoms with Crippen molar-refractivity contribution in [2.24, 2.45) is 0 Å². The van der Waals surface area contributed by atoms with Gasteiger partial charge in [0, 0.05) is 22.9 Å². The van der Waals surface area contributed by atoms with Crippen LogP contribution in [0.25, 0.3) is 0 Å². The van der Waals surface area contributed by atoms with Gasteiger partial charge in [0.2, 0.25) is 0 Å². The van der Waals surface area contributed by atoms with E-state index in [0.29, 0.717) is 11.3 Å². The minimum Gasteiger partial charge on any atom is -0.545 e. The van der Waals surface area contributed by atoms with E-state index in [0.717, 1.165) is 12.1 Å². The van der Waals surface area contributed by atoms with Crippen LogP contribution in [0.15, 0.2) is 42.5 Å². The SMILES string of the molecule is COc1ccc(C(=O)Nc2ccc(C(=O)[O-])c(O)c2)cc1.[Na+]. The van der Waals surface area contributed by atoms with Crippen molar-refractivity contribution < 1.29 is 54.1 Å². The minimum absolute atomic E-state index is 0. The van der Waals surface area contributed by atoms with E-state index in [1.165, 1.54) is 13.2 Å². The first-order chi connectivity index (χ1) is 10.0. The molecule has 0 fully saturated rings. The largest absolute Gasteiger partial charge is 1.00 e. The normalized spacial score (nSPS) is 9.50. The van der Waals surface area contributed by atoms with E-state index < -0.39 is 17.6 Å². The van der Waals surface area contributed by atoms with E-state index in [1.807, 2.05) is 0 Å². The molecular weight excluding hydrogens is 297 g/mol. The topological polar surface area (TPSA) is 98.7 Å². The average Bonchev–Trinajstić information content (AvgIpc) is 2.47. The van der Waals surface area contributed by atoms with Crippen LogP contribution in [0.4, 0.5) is 5.69 Å². The van der Waals surface area contributed by atoms with E-state index in [1.54, 1.807) is 24.3 Å². The summed E-state index contributed by atoms with van der Waals surface area (Å²) in [5.74, 6) is -1.72.